The molecule has 0 aliphatic carbocycles. The molecule has 0 bridgehead atoms. The van der Waals surface area contributed by atoms with Crippen molar-refractivity contribution >= 4 is 5.71 Å². The summed E-state index contributed by atoms with van der Waals surface area (Å²) in [6, 6.07) is 0. The second-order valence-corrected chi connectivity index (χ2v) is 2.89. The van der Waals surface area contributed by atoms with Crippen LogP contribution in [0.1, 0.15) is 52.9 Å². The predicted molar refractivity (Wildman–Crippen MR) is 52.4 cm³/mol. The molecule has 0 fully saturated rings. The molecule has 0 aromatic rings. The highest BCUT2D eigenvalue weighted by atomic mass is 14.7. The third kappa shape index (κ3) is 6.08. The molecule has 0 aliphatic rings. The van der Waals surface area contributed by atoms with Crippen LogP contribution in [0.4, 0.5) is 0 Å². The summed E-state index contributed by atoms with van der Waals surface area (Å²) in [4.78, 5) is 4.47. The summed E-state index contributed by atoms with van der Waals surface area (Å²) < 4.78 is 0. The predicted octanol–water partition coefficient (Wildman–Crippen LogP) is 3.44. The maximum absolute atomic E-state index is 4.47. The Morgan fingerprint density at radius 3 is 2.18 bits per heavy atom. The van der Waals surface area contributed by atoms with E-state index in [1.54, 1.807) is 0 Å². The zero-order chi connectivity index (χ0) is 8.53. The van der Waals surface area contributed by atoms with Crippen LogP contribution < -0.4 is 0 Å². The molecule has 0 spiro atoms. The molecule has 0 saturated carbocycles. The Labute approximate surface area is 70.9 Å². The van der Waals surface area contributed by atoms with Gasteiger partial charge in [0.15, 0.2) is 0 Å². The number of hydrogen-bond acceptors (Lipinski definition) is 1. The maximum atomic E-state index is 4.47. The highest BCUT2D eigenvalue weighted by Crippen LogP contribution is 2.03. The highest BCUT2D eigenvalue weighted by molar-refractivity contribution is 5.84. The van der Waals surface area contributed by atoms with Gasteiger partial charge in [0, 0.05) is 12.3 Å². The van der Waals surface area contributed by atoms with E-state index in [1.165, 1.54) is 37.8 Å². The van der Waals surface area contributed by atoms with Gasteiger partial charge in [-0.25, -0.2) is 0 Å². The van der Waals surface area contributed by atoms with Crippen LogP contribution in [0.15, 0.2) is 4.99 Å². The fourth-order valence-electron chi connectivity index (χ4n) is 1.18. The molecule has 0 rings (SSSR count). The Kier molecular flexibility index (Phi) is 7.54. The van der Waals surface area contributed by atoms with Gasteiger partial charge in [0.1, 0.15) is 0 Å². The van der Waals surface area contributed by atoms with Crippen molar-refractivity contribution in [1.29, 1.82) is 0 Å². The third-order valence-corrected chi connectivity index (χ3v) is 1.74. The van der Waals surface area contributed by atoms with E-state index in [9.17, 15) is 0 Å². The number of hydrogen-bond donors (Lipinski definition) is 0. The van der Waals surface area contributed by atoms with Crippen molar-refractivity contribution in [3.63, 3.8) is 0 Å². The quantitative estimate of drug-likeness (QED) is 0.521. The lowest BCUT2D eigenvalue weighted by Gasteiger charge is -2.02. The van der Waals surface area contributed by atoms with Crippen LogP contribution in [0, 0.1) is 0 Å². The summed E-state index contributed by atoms with van der Waals surface area (Å²) in [5.74, 6) is 0. The Morgan fingerprint density at radius 1 is 1.00 bits per heavy atom. The van der Waals surface area contributed by atoms with Gasteiger partial charge in [-0.3, -0.25) is 4.99 Å². The van der Waals surface area contributed by atoms with Gasteiger partial charge in [-0.2, -0.15) is 0 Å². The fourth-order valence-corrected chi connectivity index (χ4v) is 1.18. The fraction of sp³-hybridized carbons (Fsp3) is 0.900. The van der Waals surface area contributed by atoms with E-state index in [0.29, 0.717) is 0 Å². The Bertz CT molecular complexity index is 105. The van der Waals surface area contributed by atoms with Crippen LogP contribution in [-0.2, 0) is 0 Å². The van der Waals surface area contributed by atoms with Gasteiger partial charge in [-0.1, -0.05) is 26.7 Å². The standard InChI is InChI=1S/C10H21N/c1-4-7-9-10(8-5-2)11-6-3/h4-9H2,1-3H3/b11-10-. The summed E-state index contributed by atoms with van der Waals surface area (Å²) in [5.41, 5.74) is 1.43. The molecular weight excluding hydrogens is 134 g/mol. The Balaban J connectivity index is 3.60. The smallest absolute Gasteiger partial charge is 0.0360 e. The monoisotopic (exact) mass is 155 g/mol. The first-order valence-electron chi connectivity index (χ1n) is 4.87. The van der Waals surface area contributed by atoms with Gasteiger partial charge >= 0.3 is 0 Å². The van der Waals surface area contributed by atoms with Gasteiger partial charge in [0.2, 0.25) is 0 Å². The molecule has 66 valence electrons. The molecule has 0 aliphatic heterocycles. The molecule has 0 unspecified atom stereocenters. The van der Waals surface area contributed by atoms with E-state index in [4.69, 9.17) is 0 Å². The molecule has 1 heteroatoms. The zero-order valence-electron chi connectivity index (χ0n) is 8.19. The van der Waals surface area contributed by atoms with Crippen LogP contribution in [-0.4, -0.2) is 12.3 Å². The lowest BCUT2D eigenvalue weighted by Crippen LogP contribution is -1.98. The molecule has 0 N–H and O–H groups in total. The number of nitrogens with zero attached hydrogens (tertiary/aromatic N) is 1. The van der Waals surface area contributed by atoms with Crippen LogP contribution in [0.5, 0.6) is 0 Å². The average Bonchev–Trinajstić information content (AvgIpc) is 2.01. The van der Waals surface area contributed by atoms with Crippen molar-refractivity contribution < 1.29 is 0 Å². The number of aliphatic imine (C=N–C) groups is 1. The lowest BCUT2D eigenvalue weighted by atomic mass is 10.1. The number of rotatable bonds is 6. The van der Waals surface area contributed by atoms with Gasteiger partial charge in [-0.05, 0) is 26.2 Å². The highest BCUT2D eigenvalue weighted by Gasteiger charge is 1.95. The zero-order valence-corrected chi connectivity index (χ0v) is 8.19. The van der Waals surface area contributed by atoms with Crippen LogP contribution in [0.2, 0.25) is 0 Å². The van der Waals surface area contributed by atoms with Crippen molar-refractivity contribution in [2.24, 2.45) is 4.99 Å². The third-order valence-electron chi connectivity index (χ3n) is 1.74. The van der Waals surface area contributed by atoms with E-state index in [1.807, 2.05) is 0 Å². The van der Waals surface area contributed by atoms with Gasteiger partial charge in [0.05, 0.1) is 0 Å². The van der Waals surface area contributed by atoms with Crippen LogP contribution in [0.3, 0.4) is 0 Å². The minimum absolute atomic E-state index is 0.957. The van der Waals surface area contributed by atoms with Crippen molar-refractivity contribution in [2.45, 2.75) is 52.9 Å². The molecule has 0 amide bonds. The second kappa shape index (κ2) is 7.77. The molecule has 0 aromatic heterocycles. The molecule has 0 aromatic carbocycles. The molecule has 0 saturated heterocycles. The molecule has 11 heavy (non-hydrogen) atoms. The summed E-state index contributed by atoms with van der Waals surface area (Å²) in [6.45, 7) is 7.52. The molecule has 1 nitrogen and oxygen atoms in total. The van der Waals surface area contributed by atoms with Gasteiger partial charge in [-0.15, -0.1) is 0 Å². The van der Waals surface area contributed by atoms with E-state index >= 15 is 0 Å². The van der Waals surface area contributed by atoms with Crippen LogP contribution >= 0.6 is 0 Å². The van der Waals surface area contributed by atoms with Crippen molar-refractivity contribution in [1.82, 2.24) is 0 Å². The molecule has 0 atom stereocenters. The Hall–Kier alpha value is -0.330. The van der Waals surface area contributed by atoms with E-state index in [2.05, 4.69) is 25.8 Å². The molecule has 0 radical (unpaired) electrons. The first-order valence-corrected chi connectivity index (χ1v) is 4.87. The van der Waals surface area contributed by atoms with Crippen LogP contribution in [0.25, 0.3) is 0 Å². The summed E-state index contributed by atoms with van der Waals surface area (Å²) in [6.07, 6.45) is 6.25. The first kappa shape index (κ1) is 10.7. The second-order valence-electron chi connectivity index (χ2n) is 2.89. The van der Waals surface area contributed by atoms with E-state index in [0.717, 1.165) is 6.54 Å². The minimum atomic E-state index is 0.957. The lowest BCUT2D eigenvalue weighted by molar-refractivity contribution is 0.810. The van der Waals surface area contributed by atoms with Crippen molar-refractivity contribution in [3.05, 3.63) is 0 Å². The van der Waals surface area contributed by atoms with Crippen molar-refractivity contribution in [2.75, 3.05) is 6.54 Å². The van der Waals surface area contributed by atoms with E-state index in [-0.39, 0.29) is 0 Å². The topological polar surface area (TPSA) is 12.4 Å². The minimum Gasteiger partial charge on any atom is -0.294 e. The number of unbranched alkanes of at least 4 members (excludes halogenated alkanes) is 1. The molecule has 0 heterocycles. The summed E-state index contributed by atoms with van der Waals surface area (Å²) in [5, 5.41) is 0. The van der Waals surface area contributed by atoms with Crippen molar-refractivity contribution in [3.8, 4) is 0 Å². The van der Waals surface area contributed by atoms with Gasteiger partial charge in [0.25, 0.3) is 0 Å². The normalized spacial score (nSPS) is 12.1. The molecular formula is C10H21N. The largest absolute Gasteiger partial charge is 0.294 e. The maximum Gasteiger partial charge on any atom is 0.0360 e. The Morgan fingerprint density at radius 2 is 1.73 bits per heavy atom. The first-order chi connectivity index (χ1) is 5.35. The SMILES string of the molecule is CCCC/C(CCC)=N\CC. The summed E-state index contributed by atoms with van der Waals surface area (Å²) in [7, 11) is 0. The van der Waals surface area contributed by atoms with Gasteiger partial charge < -0.3 is 0 Å². The summed E-state index contributed by atoms with van der Waals surface area (Å²) >= 11 is 0. The average molecular weight is 155 g/mol. The van der Waals surface area contributed by atoms with E-state index < -0.39 is 0 Å².